The van der Waals surface area contributed by atoms with Crippen molar-refractivity contribution in [3.05, 3.63) is 89.3 Å². The fraction of sp³-hybridized carbons (Fsp3) is 0.259. The van der Waals surface area contributed by atoms with Crippen molar-refractivity contribution in [3.63, 3.8) is 0 Å². The standard InChI is InChI=1S/C27H23F3O/c1-16-2-4-18(5-3-16)21-11-10-20(14-24(21)28)17-6-8-19(9-7-17)22-12-13-23(25-15-31-25)27(30)26(22)29/h4,6-14,16,25H,2-3,5,15H2,1H3. The normalized spacial score (nSPS) is 20.5. The number of ether oxygens (including phenoxy) is 1. The van der Waals surface area contributed by atoms with Crippen LogP contribution in [-0.4, -0.2) is 6.61 Å². The summed E-state index contributed by atoms with van der Waals surface area (Å²) in [6, 6.07) is 15.5. The second kappa shape index (κ2) is 8.01. The van der Waals surface area contributed by atoms with Crippen LogP contribution in [0.25, 0.3) is 27.8 Å². The van der Waals surface area contributed by atoms with Gasteiger partial charge in [0.25, 0.3) is 0 Å². The average Bonchev–Trinajstić information content (AvgIpc) is 3.62. The lowest BCUT2D eigenvalue weighted by molar-refractivity contribution is 0.401. The molecule has 2 aliphatic rings. The number of allylic oxidation sites excluding steroid dienone is 2. The first-order valence-electron chi connectivity index (χ1n) is 10.7. The van der Waals surface area contributed by atoms with Crippen molar-refractivity contribution in [1.82, 2.24) is 0 Å². The van der Waals surface area contributed by atoms with Crippen LogP contribution >= 0.6 is 0 Å². The van der Waals surface area contributed by atoms with Crippen molar-refractivity contribution in [1.29, 1.82) is 0 Å². The summed E-state index contributed by atoms with van der Waals surface area (Å²) in [6.07, 6.45) is 4.79. The van der Waals surface area contributed by atoms with Gasteiger partial charge in [0, 0.05) is 16.7 Å². The van der Waals surface area contributed by atoms with E-state index in [4.69, 9.17) is 4.74 Å². The summed E-state index contributed by atoms with van der Waals surface area (Å²) in [5.74, 6) is -1.30. The predicted molar refractivity (Wildman–Crippen MR) is 117 cm³/mol. The summed E-state index contributed by atoms with van der Waals surface area (Å²) < 4.78 is 48.8. The van der Waals surface area contributed by atoms with E-state index in [0.717, 1.165) is 36.0 Å². The summed E-state index contributed by atoms with van der Waals surface area (Å²) >= 11 is 0. The van der Waals surface area contributed by atoms with E-state index < -0.39 is 11.6 Å². The van der Waals surface area contributed by atoms with E-state index in [1.54, 1.807) is 42.5 Å². The number of hydrogen-bond donors (Lipinski definition) is 0. The quantitative estimate of drug-likeness (QED) is 0.394. The Balaban J connectivity index is 1.40. The summed E-state index contributed by atoms with van der Waals surface area (Å²) in [5, 5.41) is 0. The first-order chi connectivity index (χ1) is 15.0. The van der Waals surface area contributed by atoms with Crippen LogP contribution in [0.1, 0.15) is 43.4 Å². The Morgan fingerprint density at radius 3 is 2.13 bits per heavy atom. The second-order valence-electron chi connectivity index (χ2n) is 8.53. The highest BCUT2D eigenvalue weighted by Crippen LogP contribution is 2.37. The molecule has 3 aromatic carbocycles. The lowest BCUT2D eigenvalue weighted by Crippen LogP contribution is -2.02. The van der Waals surface area contributed by atoms with Crippen molar-refractivity contribution < 1.29 is 17.9 Å². The van der Waals surface area contributed by atoms with Crippen molar-refractivity contribution in [2.24, 2.45) is 5.92 Å². The number of benzene rings is 3. The molecule has 1 fully saturated rings. The molecule has 0 saturated carbocycles. The second-order valence-corrected chi connectivity index (χ2v) is 8.53. The SMILES string of the molecule is CC1CC=C(c2ccc(-c3ccc(-c4ccc(C5CO5)c(F)c4F)cc3)cc2F)CC1. The molecule has 2 atom stereocenters. The maximum atomic E-state index is 14.8. The van der Waals surface area contributed by atoms with Crippen molar-refractivity contribution >= 4 is 5.57 Å². The fourth-order valence-corrected chi connectivity index (χ4v) is 4.27. The largest absolute Gasteiger partial charge is 0.368 e. The summed E-state index contributed by atoms with van der Waals surface area (Å²) in [4.78, 5) is 0. The van der Waals surface area contributed by atoms with E-state index >= 15 is 0 Å². The predicted octanol–water partition coefficient (Wildman–Crippen LogP) is 7.71. The molecule has 31 heavy (non-hydrogen) atoms. The summed E-state index contributed by atoms with van der Waals surface area (Å²) in [6.45, 7) is 2.64. The molecule has 1 heterocycles. The minimum absolute atomic E-state index is 0.202. The molecule has 5 rings (SSSR count). The van der Waals surface area contributed by atoms with E-state index in [2.05, 4.69) is 13.0 Å². The molecule has 0 amide bonds. The highest BCUT2D eigenvalue weighted by atomic mass is 19.2. The van der Waals surface area contributed by atoms with Gasteiger partial charge in [-0.25, -0.2) is 13.2 Å². The molecule has 1 nitrogen and oxygen atoms in total. The van der Waals surface area contributed by atoms with Gasteiger partial charge in [-0.1, -0.05) is 61.5 Å². The van der Waals surface area contributed by atoms with Crippen LogP contribution < -0.4 is 0 Å². The van der Waals surface area contributed by atoms with Crippen LogP contribution in [-0.2, 0) is 4.74 Å². The Morgan fingerprint density at radius 1 is 0.806 bits per heavy atom. The van der Waals surface area contributed by atoms with Crippen molar-refractivity contribution in [2.75, 3.05) is 6.61 Å². The smallest absolute Gasteiger partial charge is 0.167 e. The zero-order valence-electron chi connectivity index (χ0n) is 17.3. The third-order valence-corrected chi connectivity index (χ3v) is 6.31. The van der Waals surface area contributed by atoms with Crippen LogP contribution in [0.15, 0.2) is 60.7 Å². The fourth-order valence-electron chi connectivity index (χ4n) is 4.27. The van der Waals surface area contributed by atoms with Gasteiger partial charge in [-0.3, -0.25) is 0 Å². The van der Waals surface area contributed by atoms with Gasteiger partial charge < -0.3 is 4.74 Å². The molecule has 1 aliphatic heterocycles. The van der Waals surface area contributed by atoms with Crippen LogP contribution in [0.3, 0.4) is 0 Å². The van der Waals surface area contributed by atoms with E-state index in [0.29, 0.717) is 23.7 Å². The van der Waals surface area contributed by atoms with Gasteiger partial charge in [-0.2, -0.15) is 0 Å². The van der Waals surface area contributed by atoms with E-state index in [1.807, 2.05) is 12.1 Å². The maximum Gasteiger partial charge on any atom is 0.167 e. The lowest BCUT2D eigenvalue weighted by Gasteiger charge is -2.19. The van der Waals surface area contributed by atoms with Gasteiger partial charge in [-0.15, -0.1) is 0 Å². The van der Waals surface area contributed by atoms with Crippen LogP contribution in [0.5, 0.6) is 0 Å². The minimum atomic E-state index is -0.869. The summed E-state index contributed by atoms with van der Waals surface area (Å²) in [5.41, 5.74) is 4.36. The highest BCUT2D eigenvalue weighted by Gasteiger charge is 2.30. The van der Waals surface area contributed by atoms with Gasteiger partial charge in [0.15, 0.2) is 11.6 Å². The molecular formula is C27H23F3O. The molecule has 0 radical (unpaired) electrons. The molecule has 1 saturated heterocycles. The third kappa shape index (κ3) is 3.92. The van der Waals surface area contributed by atoms with E-state index in [9.17, 15) is 13.2 Å². The Morgan fingerprint density at radius 2 is 1.48 bits per heavy atom. The Kier molecular flexibility index (Phi) is 5.19. The monoisotopic (exact) mass is 420 g/mol. The molecule has 0 spiro atoms. The molecule has 1 aliphatic carbocycles. The first kappa shape index (κ1) is 20.1. The van der Waals surface area contributed by atoms with Gasteiger partial charge in [-0.05, 0) is 53.5 Å². The minimum Gasteiger partial charge on any atom is -0.368 e. The van der Waals surface area contributed by atoms with Gasteiger partial charge in [0.05, 0.1) is 6.61 Å². The number of rotatable bonds is 4. The molecule has 158 valence electrons. The summed E-state index contributed by atoms with van der Waals surface area (Å²) in [7, 11) is 0. The average molecular weight is 420 g/mol. The number of hydrogen-bond acceptors (Lipinski definition) is 1. The van der Waals surface area contributed by atoms with Crippen LogP contribution in [0, 0.1) is 23.4 Å². The molecular weight excluding hydrogens is 397 g/mol. The number of epoxide rings is 1. The van der Waals surface area contributed by atoms with Crippen LogP contribution in [0.2, 0.25) is 0 Å². The van der Waals surface area contributed by atoms with Gasteiger partial charge >= 0.3 is 0 Å². The molecule has 0 N–H and O–H groups in total. The molecule has 0 bridgehead atoms. The van der Waals surface area contributed by atoms with E-state index in [-0.39, 0.29) is 23.0 Å². The Bertz CT molecular complexity index is 1160. The number of halogens is 3. The molecule has 4 heteroatoms. The Labute approximate surface area is 180 Å². The maximum absolute atomic E-state index is 14.8. The first-order valence-corrected chi connectivity index (χ1v) is 10.7. The van der Waals surface area contributed by atoms with Gasteiger partial charge in [0.1, 0.15) is 11.9 Å². The van der Waals surface area contributed by atoms with Gasteiger partial charge in [0.2, 0.25) is 0 Å². The topological polar surface area (TPSA) is 12.5 Å². The Hall–Kier alpha value is -2.85. The molecule has 2 unspecified atom stereocenters. The van der Waals surface area contributed by atoms with Crippen molar-refractivity contribution in [2.45, 2.75) is 32.3 Å². The van der Waals surface area contributed by atoms with Crippen molar-refractivity contribution in [3.8, 4) is 22.3 Å². The molecule has 0 aromatic heterocycles. The zero-order valence-corrected chi connectivity index (χ0v) is 17.3. The lowest BCUT2D eigenvalue weighted by atomic mass is 9.87. The third-order valence-electron chi connectivity index (χ3n) is 6.31. The van der Waals surface area contributed by atoms with E-state index in [1.165, 1.54) is 0 Å². The molecule has 3 aromatic rings. The zero-order chi connectivity index (χ0) is 21.5. The highest BCUT2D eigenvalue weighted by molar-refractivity contribution is 5.74. The van der Waals surface area contributed by atoms with Crippen LogP contribution in [0.4, 0.5) is 13.2 Å².